The van der Waals surface area contributed by atoms with E-state index < -0.39 is 16.0 Å². The van der Waals surface area contributed by atoms with E-state index in [1.807, 2.05) is 60.7 Å². The second-order valence-electron chi connectivity index (χ2n) is 4.31. The van der Waals surface area contributed by atoms with Crippen molar-refractivity contribution in [3.05, 3.63) is 71.8 Å². The van der Waals surface area contributed by atoms with E-state index in [9.17, 15) is 5.26 Å². The molecule has 0 saturated carbocycles. The van der Waals surface area contributed by atoms with Crippen LogP contribution in [0.3, 0.4) is 0 Å². The first-order chi connectivity index (χ1) is 10.1. The van der Waals surface area contributed by atoms with Crippen LogP contribution in [0.2, 0.25) is 0 Å². The zero-order valence-electron chi connectivity index (χ0n) is 11.6. The molecule has 0 unspecified atom stereocenters. The third-order valence-corrected chi connectivity index (χ3v) is 3.25. The summed E-state index contributed by atoms with van der Waals surface area (Å²) in [6.07, 6.45) is 0.775. The van der Waals surface area contributed by atoms with Crippen LogP contribution in [0, 0.1) is 11.3 Å². The van der Waals surface area contributed by atoms with Crippen molar-refractivity contribution in [3.63, 3.8) is 0 Å². The fraction of sp³-hybridized carbons (Fsp3) is 0.188. The second kappa shape index (κ2) is 7.98. The standard InChI is InChI=1S/C16H15N.O3S/c1-2-16(13-17,14-9-5-3-6-10-14)15-11-7-4-8-12-15;1-4(2)3/h3-12H,2H2,1H3;. The Morgan fingerprint density at radius 1 is 0.905 bits per heavy atom. The molecule has 21 heavy (non-hydrogen) atoms. The summed E-state index contributed by atoms with van der Waals surface area (Å²) in [5, 5.41) is 9.63. The lowest BCUT2D eigenvalue weighted by Crippen LogP contribution is -2.24. The van der Waals surface area contributed by atoms with Crippen molar-refractivity contribution in [3.8, 4) is 6.07 Å². The van der Waals surface area contributed by atoms with Gasteiger partial charge < -0.3 is 0 Å². The van der Waals surface area contributed by atoms with Crippen LogP contribution in [-0.4, -0.2) is 12.6 Å². The van der Waals surface area contributed by atoms with Gasteiger partial charge in [0.05, 0.1) is 6.07 Å². The minimum absolute atomic E-state index is 0.525. The van der Waals surface area contributed by atoms with Gasteiger partial charge in [0.25, 0.3) is 0 Å². The third-order valence-electron chi connectivity index (χ3n) is 3.25. The fourth-order valence-corrected chi connectivity index (χ4v) is 2.23. The first kappa shape index (κ1) is 16.6. The molecule has 0 heterocycles. The first-order valence-electron chi connectivity index (χ1n) is 6.36. The van der Waals surface area contributed by atoms with Crippen LogP contribution < -0.4 is 0 Å². The molecule has 2 aromatic rings. The number of rotatable bonds is 3. The van der Waals surface area contributed by atoms with E-state index in [0.29, 0.717) is 0 Å². The van der Waals surface area contributed by atoms with E-state index in [0.717, 1.165) is 17.5 Å². The summed E-state index contributed by atoms with van der Waals surface area (Å²) in [7, 11) is -3.11. The van der Waals surface area contributed by atoms with Crippen LogP contribution in [0.25, 0.3) is 0 Å². The smallest absolute Gasteiger partial charge is 0.197 e. The Hall–Kier alpha value is -2.45. The third kappa shape index (κ3) is 4.26. The van der Waals surface area contributed by atoms with Gasteiger partial charge in [0, 0.05) is 0 Å². The average Bonchev–Trinajstić information content (AvgIpc) is 2.51. The molecule has 0 N–H and O–H groups in total. The Balaban J connectivity index is 0.000000491. The quantitative estimate of drug-likeness (QED) is 0.873. The van der Waals surface area contributed by atoms with Gasteiger partial charge in [0.15, 0.2) is 0 Å². The predicted molar refractivity (Wildman–Crippen MR) is 79.3 cm³/mol. The Bertz CT molecular complexity index is 658. The average molecular weight is 301 g/mol. The lowest BCUT2D eigenvalue weighted by atomic mass is 9.74. The van der Waals surface area contributed by atoms with Gasteiger partial charge in [-0.2, -0.15) is 5.26 Å². The highest BCUT2D eigenvalue weighted by Gasteiger charge is 2.31. The Labute approximate surface area is 125 Å². The van der Waals surface area contributed by atoms with Crippen LogP contribution in [0.5, 0.6) is 0 Å². The van der Waals surface area contributed by atoms with Gasteiger partial charge in [-0.15, -0.1) is 12.6 Å². The summed E-state index contributed by atoms with van der Waals surface area (Å²) in [5.41, 5.74) is 1.61. The highest BCUT2D eigenvalue weighted by atomic mass is 32.2. The van der Waals surface area contributed by atoms with Crippen molar-refractivity contribution >= 4 is 10.6 Å². The molecule has 0 aromatic heterocycles. The molecule has 0 fully saturated rings. The van der Waals surface area contributed by atoms with Crippen LogP contribution >= 0.6 is 0 Å². The van der Waals surface area contributed by atoms with Gasteiger partial charge in [-0.05, 0) is 17.5 Å². The van der Waals surface area contributed by atoms with E-state index in [4.69, 9.17) is 12.6 Å². The molecule has 0 bridgehead atoms. The molecule has 0 radical (unpaired) electrons. The minimum atomic E-state index is -3.11. The van der Waals surface area contributed by atoms with Crippen LogP contribution in [0.4, 0.5) is 0 Å². The van der Waals surface area contributed by atoms with Crippen LogP contribution in [0.1, 0.15) is 24.5 Å². The van der Waals surface area contributed by atoms with E-state index >= 15 is 0 Å². The number of benzene rings is 2. The van der Waals surface area contributed by atoms with Gasteiger partial charge in [-0.3, -0.25) is 0 Å². The Kier molecular flexibility index (Phi) is 6.31. The zero-order valence-corrected chi connectivity index (χ0v) is 12.4. The minimum Gasteiger partial charge on any atom is -0.197 e. The molecule has 0 spiro atoms. The molecule has 0 aliphatic heterocycles. The SMILES string of the molecule is CCC(C#N)(c1ccccc1)c1ccccc1.O=S(=O)=O. The van der Waals surface area contributed by atoms with Crippen molar-refractivity contribution in [2.75, 3.05) is 0 Å². The lowest BCUT2D eigenvalue weighted by Gasteiger charge is -2.26. The number of nitriles is 1. The van der Waals surface area contributed by atoms with E-state index in [-0.39, 0.29) is 0 Å². The molecule has 4 nitrogen and oxygen atoms in total. The molecule has 0 atom stereocenters. The van der Waals surface area contributed by atoms with Crippen molar-refractivity contribution in [2.24, 2.45) is 0 Å². The Morgan fingerprint density at radius 3 is 1.48 bits per heavy atom. The number of hydrogen-bond donors (Lipinski definition) is 0. The van der Waals surface area contributed by atoms with Crippen LogP contribution in [0.15, 0.2) is 60.7 Å². The summed E-state index contributed by atoms with van der Waals surface area (Å²) >= 11 is 0. The fourth-order valence-electron chi connectivity index (χ4n) is 2.23. The van der Waals surface area contributed by atoms with Gasteiger partial charge in [-0.25, -0.2) is 0 Å². The van der Waals surface area contributed by atoms with Gasteiger partial charge >= 0.3 is 10.6 Å². The van der Waals surface area contributed by atoms with Crippen molar-refractivity contribution < 1.29 is 12.6 Å². The maximum absolute atomic E-state index is 9.63. The summed E-state index contributed by atoms with van der Waals surface area (Å²) in [5.74, 6) is 0. The van der Waals surface area contributed by atoms with E-state index in [2.05, 4.69) is 13.0 Å². The highest BCUT2D eigenvalue weighted by molar-refractivity contribution is 7.59. The van der Waals surface area contributed by atoms with Crippen molar-refractivity contribution in [2.45, 2.75) is 18.8 Å². The molecule has 2 rings (SSSR count). The molecule has 2 aromatic carbocycles. The summed E-state index contributed by atoms with van der Waals surface area (Å²) < 4.78 is 25.3. The number of hydrogen-bond acceptors (Lipinski definition) is 4. The largest absolute Gasteiger partial charge is 0.425 e. The molecular weight excluding hydrogens is 286 g/mol. The molecule has 0 aliphatic carbocycles. The molecule has 108 valence electrons. The summed E-state index contributed by atoms with van der Waals surface area (Å²) in [6, 6.07) is 22.5. The molecule has 0 aliphatic rings. The second-order valence-corrected chi connectivity index (χ2v) is 4.72. The normalized spacial score (nSPS) is 9.90. The molecule has 5 heteroatoms. The van der Waals surface area contributed by atoms with Gasteiger partial charge in [0.1, 0.15) is 5.41 Å². The topological polar surface area (TPSA) is 75.0 Å². The van der Waals surface area contributed by atoms with Crippen molar-refractivity contribution in [1.82, 2.24) is 0 Å². The molecule has 0 amide bonds. The van der Waals surface area contributed by atoms with Gasteiger partial charge in [0.2, 0.25) is 0 Å². The molecule has 0 saturated heterocycles. The van der Waals surface area contributed by atoms with Gasteiger partial charge in [-0.1, -0.05) is 67.6 Å². The summed E-state index contributed by atoms with van der Waals surface area (Å²) in [4.78, 5) is 0. The maximum Gasteiger partial charge on any atom is 0.425 e. The summed E-state index contributed by atoms with van der Waals surface area (Å²) in [6.45, 7) is 2.06. The Morgan fingerprint density at radius 2 is 1.24 bits per heavy atom. The zero-order chi connectivity index (χ0) is 15.7. The number of nitrogens with zero attached hydrogens (tertiary/aromatic N) is 1. The van der Waals surface area contributed by atoms with E-state index in [1.54, 1.807) is 0 Å². The predicted octanol–water partition coefficient (Wildman–Crippen LogP) is 2.90. The van der Waals surface area contributed by atoms with Crippen molar-refractivity contribution in [1.29, 1.82) is 5.26 Å². The molecular formula is C16H15NO3S. The van der Waals surface area contributed by atoms with E-state index in [1.165, 1.54) is 0 Å². The van der Waals surface area contributed by atoms with Crippen LogP contribution in [-0.2, 0) is 16.0 Å². The highest BCUT2D eigenvalue weighted by Crippen LogP contribution is 2.34. The first-order valence-corrected chi connectivity index (χ1v) is 7.36. The lowest BCUT2D eigenvalue weighted by molar-refractivity contribution is 0.559. The monoisotopic (exact) mass is 301 g/mol. The maximum atomic E-state index is 9.63.